The van der Waals surface area contributed by atoms with Crippen LogP contribution < -0.4 is 24.4 Å². The van der Waals surface area contributed by atoms with E-state index in [1.807, 2.05) is 57.2 Å². The largest absolute Gasteiger partial charge is 0.493 e. The summed E-state index contributed by atoms with van der Waals surface area (Å²) in [5.41, 5.74) is 5.02. The molecule has 11 heteroatoms. The van der Waals surface area contributed by atoms with Crippen LogP contribution >= 0.6 is 38.9 Å². The Balaban J connectivity index is 1.72. The lowest BCUT2D eigenvalue weighted by atomic mass is 9.95. The molecule has 0 radical (unpaired) electrons. The van der Waals surface area contributed by atoms with E-state index in [0.29, 0.717) is 48.2 Å². The van der Waals surface area contributed by atoms with Gasteiger partial charge in [-0.1, -0.05) is 38.9 Å². The molecule has 1 atom stereocenters. The van der Waals surface area contributed by atoms with Gasteiger partial charge in [0, 0.05) is 26.6 Å². The zero-order valence-electron chi connectivity index (χ0n) is 24.7. The minimum Gasteiger partial charge on any atom is -0.493 e. The van der Waals surface area contributed by atoms with Crippen molar-refractivity contribution in [3.63, 3.8) is 0 Å². The van der Waals surface area contributed by atoms with Gasteiger partial charge < -0.3 is 18.8 Å². The number of allylic oxidation sites excluding steroid dienone is 1. The molecule has 0 amide bonds. The molecule has 5 rings (SSSR count). The highest BCUT2D eigenvalue weighted by Crippen LogP contribution is 2.41. The van der Waals surface area contributed by atoms with Crippen molar-refractivity contribution in [3.8, 4) is 17.2 Å². The summed E-state index contributed by atoms with van der Waals surface area (Å²) in [7, 11) is 1.55. The monoisotopic (exact) mass is 683 g/mol. The van der Waals surface area contributed by atoms with Gasteiger partial charge in [0.15, 0.2) is 16.3 Å². The lowest BCUT2D eigenvalue weighted by molar-refractivity contribution is -0.139. The molecule has 8 nitrogen and oxygen atoms in total. The van der Waals surface area contributed by atoms with Crippen LogP contribution in [0.4, 0.5) is 0 Å². The average Bonchev–Trinajstić information content (AvgIpc) is 3.42. The predicted molar refractivity (Wildman–Crippen MR) is 173 cm³/mol. The molecule has 1 aliphatic rings. The van der Waals surface area contributed by atoms with Gasteiger partial charge in [-0.05, 0) is 94.3 Å². The number of fused-ring (bicyclic) bond motifs is 1. The second-order valence-corrected chi connectivity index (χ2v) is 12.2. The van der Waals surface area contributed by atoms with Crippen molar-refractivity contribution in [3.05, 3.63) is 105 Å². The smallest absolute Gasteiger partial charge is 0.338 e. The van der Waals surface area contributed by atoms with Crippen molar-refractivity contribution < 1.29 is 19.0 Å². The summed E-state index contributed by atoms with van der Waals surface area (Å²) < 4.78 is 21.6. The maximum Gasteiger partial charge on any atom is 0.338 e. The Morgan fingerprint density at radius 2 is 1.81 bits per heavy atom. The highest BCUT2D eigenvalue weighted by Gasteiger charge is 2.35. The average molecular weight is 685 g/mol. The molecule has 1 aliphatic heterocycles. The van der Waals surface area contributed by atoms with Crippen molar-refractivity contribution in [2.75, 3.05) is 20.3 Å². The van der Waals surface area contributed by atoms with Crippen LogP contribution in [0.25, 0.3) is 11.8 Å². The van der Waals surface area contributed by atoms with Crippen LogP contribution in [0.5, 0.6) is 11.5 Å². The minimum atomic E-state index is -0.807. The first-order chi connectivity index (χ1) is 20.6. The van der Waals surface area contributed by atoms with Gasteiger partial charge in [0.05, 0.1) is 42.2 Å². The highest BCUT2D eigenvalue weighted by molar-refractivity contribution is 9.10. The normalized spacial score (nSPS) is 14.9. The van der Waals surface area contributed by atoms with Gasteiger partial charge in [-0.2, -0.15) is 0 Å². The minimum absolute atomic E-state index is 0.184. The molecule has 224 valence electrons. The number of nitrogens with zero attached hydrogens (tertiary/aromatic N) is 3. The fourth-order valence-corrected chi connectivity index (χ4v) is 7.04. The summed E-state index contributed by atoms with van der Waals surface area (Å²) in [5.74, 6) is 0.492. The van der Waals surface area contributed by atoms with E-state index in [9.17, 15) is 9.59 Å². The van der Waals surface area contributed by atoms with Crippen molar-refractivity contribution >= 4 is 50.9 Å². The molecule has 43 heavy (non-hydrogen) atoms. The number of hydrogen-bond donors (Lipinski definition) is 0. The predicted octanol–water partition coefficient (Wildman–Crippen LogP) is 6.03. The Kier molecular flexibility index (Phi) is 9.01. The van der Waals surface area contributed by atoms with E-state index in [4.69, 9.17) is 30.8 Å². The summed E-state index contributed by atoms with van der Waals surface area (Å²) >= 11 is 11.1. The zero-order chi connectivity index (χ0) is 31.0. The van der Waals surface area contributed by atoms with Gasteiger partial charge in [-0.3, -0.25) is 9.36 Å². The number of aromatic nitrogens is 2. The Hall–Kier alpha value is -3.60. The highest BCUT2D eigenvalue weighted by atomic mass is 79.9. The number of ether oxygens (including phenoxy) is 3. The lowest BCUT2D eigenvalue weighted by Gasteiger charge is -2.26. The summed E-state index contributed by atoms with van der Waals surface area (Å²) in [6, 6.07) is 12.4. The molecule has 0 aliphatic carbocycles. The van der Waals surface area contributed by atoms with Gasteiger partial charge in [0.25, 0.3) is 5.56 Å². The van der Waals surface area contributed by atoms with Crippen LogP contribution in [-0.2, 0) is 9.53 Å². The van der Waals surface area contributed by atoms with Crippen molar-refractivity contribution in [1.82, 2.24) is 9.13 Å². The maximum atomic E-state index is 14.2. The van der Waals surface area contributed by atoms with E-state index in [1.54, 1.807) is 37.7 Å². The molecule has 0 spiro atoms. The number of rotatable bonds is 8. The molecule has 0 saturated carbocycles. The lowest BCUT2D eigenvalue weighted by Crippen LogP contribution is -2.40. The molecule has 4 aromatic rings. The van der Waals surface area contributed by atoms with Crippen molar-refractivity contribution in [2.24, 2.45) is 4.99 Å². The van der Waals surface area contributed by atoms with Gasteiger partial charge in [-0.15, -0.1) is 0 Å². The Morgan fingerprint density at radius 1 is 1.09 bits per heavy atom. The van der Waals surface area contributed by atoms with Gasteiger partial charge in [0.1, 0.15) is 0 Å². The van der Waals surface area contributed by atoms with Crippen LogP contribution in [0.2, 0.25) is 5.02 Å². The van der Waals surface area contributed by atoms with Crippen LogP contribution in [0.1, 0.15) is 49.3 Å². The van der Waals surface area contributed by atoms with E-state index < -0.39 is 12.0 Å². The van der Waals surface area contributed by atoms with E-state index >= 15 is 0 Å². The molecule has 0 saturated heterocycles. The molecule has 2 aromatic heterocycles. The van der Waals surface area contributed by atoms with Crippen molar-refractivity contribution in [2.45, 2.75) is 40.7 Å². The third-order valence-electron chi connectivity index (χ3n) is 7.24. The molecular weight excluding hydrogens is 654 g/mol. The molecular formula is C32H31BrClN3O5S. The number of halogens is 2. The van der Waals surface area contributed by atoms with E-state index in [-0.39, 0.29) is 17.7 Å². The van der Waals surface area contributed by atoms with Crippen LogP contribution in [-0.4, -0.2) is 35.4 Å². The standard InChI is InChI=1S/C32H31BrClN3O5S/c1-7-41-26-16-24(33)23(15-25(26)40-6)29-28(31(39)42-8-2)18(4)35-32-37(29)30(38)27(43-32)14-20-13-17(3)36(19(20)5)22-11-9-21(34)10-12-22/h9-16,29H,7-8H2,1-6H3/b27-14+/t29-/m0/s1. The van der Waals surface area contributed by atoms with E-state index in [0.717, 1.165) is 22.6 Å². The fourth-order valence-electron chi connectivity index (χ4n) is 5.34. The Labute approximate surface area is 266 Å². The number of esters is 1. The second-order valence-electron chi connectivity index (χ2n) is 9.90. The third-order valence-corrected chi connectivity index (χ3v) is 9.16. The summed E-state index contributed by atoms with van der Waals surface area (Å²) in [6.45, 7) is 10.1. The van der Waals surface area contributed by atoms with Crippen LogP contribution in [0.15, 0.2) is 68.0 Å². The molecule has 2 aromatic carbocycles. The molecule has 0 fully saturated rings. The van der Waals surface area contributed by atoms with Gasteiger partial charge in [0.2, 0.25) is 0 Å². The first-order valence-corrected chi connectivity index (χ1v) is 15.7. The molecule has 0 unspecified atom stereocenters. The quantitative estimate of drug-likeness (QED) is 0.212. The summed E-state index contributed by atoms with van der Waals surface area (Å²) in [4.78, 5) is 32.7. The number of aryl methyl sites for hydroxylation is 1. The number of benzene rings is 2. The Bertz CT molecular complexity index is 1940. The molecule has 3 heterocycles. The molecule has 0 bridgehead atoms. The first-order valence-electron chi connectivity index (χ1n) is 13.7. The fraction of sp³-hybridized carbons (Fsp3) is 0.281. The molecule has 0 N–H and O–H groups in total. The Morgan fingerprint density at radius 3 is 2.47 bits per heavy atom. The summed E-state index contributed by atoms with van der Waals surface area (Å²) in [6.07, 6.45) is 1.88. The topological polar surface area (TPSA) is 84.1 Å². The number of carbonyl (C=O) groups excluding carboxylic acids is 1. The number of thiazole rings is 1. The van der Waals surface area contributed by atoms with Crippen LogP contribution in [0.3, 0.4) is 0 Å². The zero-order valence-corrected chi connectivity index (χ0v) is 27.8. The summed E-state index contributed by atoms with van der Waals surface area (Å²) in [5, 5.41) is 0.663. The third kappa shape index (κ3) is 5.71. The SMILES string of the molecule is CCOC(=O)C1=C(C)N=c2s/c(=C/c3cc(C)n(-c4ccc(Cl)cc4)c3C)c(=O)n2[C@H]1c1cc(OC)c(OCC)cc1Br. The van der Waals surface area contributed by atoms with Crippen molar-refractivity contribution in [1.29, 1.82) is 0 Å². The van der Waals surface area contributed by atoms with E-state index in [1.165, 1.54) is 11.3 Å². The first kappa shape index (κ1) is 30.8. The second kappa shape index (κ2) is 12.6. The number of hydrogen-bond acceptors (Lipinski definition) is 7. The number of carbonyl (C=O) groups is 1. The maximum absolute atomic E-state index is 14.2. The number of methoxy groups -OCH3 is 1. The van der Waals surface area contributed by atoms with E-state index in [2.05, 4.69) is 20.5 Å². The van der Waals surface area contributed by atoms with Crippen LogP contribution in [0, 0.1) is 13.8 Å². The van der Waals surface area contributed by atoms with Gasteiger partial charge in [-0.25, -0.2) is 9.79 Å². The van der Waals surface area contributed by atoms with Gasteiger partial charge >= 0.3 is 5.97 Å².